The highest BCUT2D eigenvalue weighted by molar-refractivity contribution is 5.90. The number of carbonyl (C=O) groups is 1. The molecule has 0 atom stereocenters. The minimum absolute atomic E-state index is 0.271. The number of nitrogens with zero attached hydrogens (tertiary/aromatic N) is 1. The van der Waals surface area contributed by atoms with E-state index < -0.39 is 5.97 Å². The van der Waals surface area contributed by atoms with Gasteiger partial charge in [-0.3, -0.25) is 0 Å². The van der Waals surface area contributed by atoms with Crippen LogP contribution in [0.3, 0.4) is 0 Å². The van der Waals surface area contributed by atoms with Crippen LogP contribution < -0.4 is 4.74 Å². The molecular formula is C16H21NO3. The van der Waals surface area contributed by atoms with E-state index in [-0.39, 0.29) is 11.0 Å². The Morgan fingerprint density at radius 2 is 2.10 bits per heavy atom. The first kappa shape index (κ1) is 16.0. The molecule has 0 aliphatic carbocycles. The summed E-state index contributed by atoms with van der Waals surface area (Å²) in [5.74, 6) is -0.326. The molecule has 0 aromatic heterocycles. The molecular weight excluding hydrogens is 254 g/mol. The summed E-state index contributed by atoms with van der Waals surface area (Å²) in [5, 5.41) is 17.9. The molecule has 0 radical (unpaired) electrons. The van der Waals surface area contributed by atoms with Crippen molar-refractivity contribution in [1.29, 1.82) is 5.26 Å². The summed E-state index contributed by atoms with van der Waals surface area (Å²) < 4.78 is 5.63. The minimum Gasteiger partial charge on any atom is -0.493 e. The van der Waals surface area contributed by atoms with Crippen LogP contribution in [0.1, 0.15) is 49.0 Å². The van der Waals surface area contributed by atoms with Gasteiger partial charge in [-0.25, -0.2) is 4.79 Å². The van der Waals surface area contributed by atoms with E-state index in [2.05, 4.69) is 6.07 Å². The number of hydrogen-bond donors (Lipinski definition) is 1. The lowest BCUT2D eigenvalue weighted by molar-refractivity contribution is 0.0695. The predicted octanol–water partition coefficient (Wildman–Crippen LogP) is 3.79. The number of aromatic carboxylic acids is 1. The van der Waals surface area contributed by atoms with E-state index in [0.29, 0.717) is 17.9 Å². The van der Waals surface area contributed by atoms with Crippen molar-refractivity contribution in [1.82, 2.24) is 0 Å². The molecule has 0 unspecified atom stereocenters. The smallest absolute Gasteiger partial charge is 0.336 e. The van der Waals surface area contributed by atoms with Crippen LogP contribution in [0.25, 0.3) is 0 Å². The van der Waals surface area contributed by atoms with Crippen LogP contribution in [-0.4, -0.2) is 17.7 Å². The zero-order valence-electron chi connectivity index (χ0n) is 12.3. The first-order valence-corrected chi connectivity index (χ1v) is 6.74. The number of unbranched alkanes of at least 4 members (excludes halogenated alkanes) is 1. The third kappa shape index (κ3) is 4.58. The van der Waals surface area contributed by atoms with Crippen LogP contribution in [0.2, 0.25) is 0 Å². The van der Waals surface area contributed by atoms with Crippen molar-refractivity contribution >= 4 is 5.97 Å². The maximum Gasteiger partial charge on any atom is 0.336 e. The van der Waals surface area contributed by atoms with E-state index in [9.17, 15) is 4.79 Å². The molecule has 0 amide bonds. The molecule has 0 bridgehead atoms. The number of ether oxygens (including phenoxy) is 1. The average Bonchev–Trinajstić information content (AvgIpc) is 2.39. The van der Waals surface area contributed by atoms with E-state index in [1.807, 2.05) is 13.8 Å². The predicted molar refractivity (Wildman–Crippen MR) is 76.9 cm³/mol. The summed E-state index contributed by atoms with van der Waals surface area (Å²) in [5.41, 5.74) is 0.629. The van der Waals surface area contributed by atoms with Crippen molar-refractivity contribution in [3.63, 3.8) is 0 Å². The first-order valence-electron chi connectivity index (χ1n) is 6.74. The number of nitriles is 1. The lowest BCUT2D eigenvalue weighted by Gasteiger charge is -2.15. The second-order valence-electron chi connectivity index (χ2n) is 5.54. The molecule has 1 rings (SSSR count). The summed E-state index contributed by atoms with van der Waals surface area (Å²) in [4.78, 5) is 11.0. The molecule has 0 aliphatic rings. The van der Waals surface area contributed by atoms with Gasteiger partial charge in [0.1, 0.15) is 5.75 Å². The van der Waals surface area contributed by atoms with Crippen LogP contribution in [0.4, 0.5) is 0 Å². The van der Waals surface area contributed by atoms with E-state index in [1.54, 1.807) is 25.1 Å². The van der Waals surface area contributed by atoms with Crippen molar-refractivity contribution in [3.05, 3.63) is 29.3 Å². The molecule has 20 heavy (non-hydrogen) atoms. The van der Waals surface area contributed by atoms with Gasteiger partial charge >= 0.3 is 5.97 Å². The van der Waals surface area contributed by atoms with Crippen LogP contribution in [0.5, 0.6) is 5.75 Å². The number of carboxylic acid groups (broad SMARTS) is 1. The van der Waals surface area contributed by atoms with Gasteiger partial charge in [0.15, 0.2) is 0 Å². The lowest BCUT2D eigenvalue weighted by Crippen LogP contribution is -2.09. The number of rotatable bonds is 7. The van der Waals surface area contributed by atoms with Crippen molar-refractivity contribution < 1.29 is 14.6 Å². The third-order valence-corrected chi connectivity index (χ3v) is 3.27. The number of hydrogen-bond acceptors (Lipinski definition) is 3. The van der Waals surface area contributed by atoms with Crippen molar-refractivity contribution in [2.24, 2.45) is 5.41 Å². The van der Waals surface area contributed by atoms with Gasteiger partial charge < -0.3 is 9.84 Å². The highest BCUT2D eigenvalue weighted by Crippen LogP contribution is 2.23. The minimum atomic E-state index is -0.941. The topological polar surface area (TPSA) is 70.3 Å². The molecule has 1 aromatic carbocycles. The summed E-state index contributed by atoms with van der Waals surface area (Å²) in [6, 6.07) is 7.31. The van der Waals surface area contributed by atoms with Crippen LogP contribution in [0.15, 0.2) is 18.2 Å². The second-order valence-corrected chi connectivity index (χ2v) is 5.54. The van der Waals surface area contributed by atoms with Crippen LogP contribution >= 0.6 is 0 Å². The normalized spacial score (nSPS) is 10.9. The lowest BCUT2D eigenvalue weighted by atomic mass is 9.89. The molecule has 4 heteroatoms. The van der Waals surface area contributed by atoms with E-state index in [1.165, 1.54) is 0 Å². The summed E-state index contributed by atoms with van der Waals surface area (Å²) in [6.45, 7) is 6.13. The van der Waals surface area contributed by atoms with Gasteiger partial charge in [0.05, 0.1) is 23.7 Å². The van der Waals surface area contributed by atoms with E-state index in [4.69, 9.17) is 15.1 Å². The SMILES string of the molecule is Cc1c(OCCCCC(C)(C)C#N)cccc1C(=O)O. The fourth-order valence-electron chi connectivity index (χ4n) is 1.91. The largest absolute Gasteiger partial charge is 0.493 e. The summed E-state index contributed by atoms with van der Waals surface area (Å²) in [7, 11) is 0. The highest BCUT2D eigenvalue weighted by atomic mass is 16.5. The van der Waals surface area contributed by atoms with E-state index in [0.717, 1.165) is 19.3 Å². The molecule has 0 spiro atoms. The van der Waals surface area contributed by atoms with Gasteiger partial charge in [-0.2, -0.15) is 5.26 Å². The Kier molecular flexibility index (Phi) is 5.57. The Hall–Kier alpha value is -2.02. The van der Waals surface area contributed by atoms with E-state index >= 15 is 0 Å². The van der Waals surface area contributed by atoms with Gasteiger partial charge in [0.2, 0.25) is 0 Å². The first-order chi connectivity index (χ1) is 9.37. The average molecular weight is 275 g/mol. The Balaban J connectivity index is 2.46. The summed E-state index contributed by atoms with van der Waals surface area (Å²) >= 11 is 0. The number of benzene rings is 1. The molecule has 1 N–H and O–H groups in total. The fraction of sp³-hybridized carbons (Fsp3) is 0.500. The van der Waals surface area contributed by atoms with Crippen LogP contribution in [0, 0.1) is 23.7 Å². The van der Waals surface area contributed by atoms with Crippen molar-refractivity contribution in [2.45, 2.75) is 40.0 Å². The van der Waals surface area contributed by atoms with Crippen LogP contribution in [-0.2, 0) is 0 Å². The molecule has 4 nitrogen and oxygen atoms in total. The Morgan fingerprint density at radius 1 is 1.40 bits per heavy atom. The Labute approximate surface area is 120 Å². The third-order valence-electron chi connectivity index (χ3n) is 3.27. The van der Waals surface area contributed by atoms with Gasteiger partial charge in [-0.1, -0.05) is 6.07 Å². The molecule has 0 heterocycles. The van der Waals surface area contributed by atoms with Crippen molar-refractivity contribution in [3.8, 4) is 11.8 Å². The second kappa shape index (κ2) is 6.95. The Bertz CT molecular complexity index is 515. The fourth-order valence-corrected chi connectivity index (χ4v) is 1.91. The molecule has 0 fully saturated rings. The zero-order chi connectivity index (χ0) is 15.2. The maximum atomic E-state index is 11.0. The molecule has 0 saturated carbocycles. The quantitative estimate of drug-likeness (QED) is 0.768. The van der Waals surface area contributed by atoms with Crippen molar-refractivity contribution in [2.75, 3.05) is 6.61 Å². The Morgan fingerprint density at radius 3 is 2.70 bits per heavy atom. The monoisotopic (exact) mass is 275 g/mol. The van der Waals surface area contributed by atoms with Gasteiger partial charge in [-0.05, 0) is 52.2 Å². The van der Waals surface area contributed by atoms with Gasteiger partial charge in [0.25, 0.3) is 0 Å². The molecule has 1 aromatic rings. The highest BCUT2D eigenvalue weighted by Gasteiger charge is 2.15. The van der Waals surface area contributed by atoms with Gasteiger partial charge in [0, 0.05) is 5.56 Å². The molecule has 108 valence electrons. The van der Waals surface area contributed by atoms with Gasteiger partial charge in [-0.15, -0.1) is 0 Å². The maximum absolute atomic E-state index is 11.0. The molecule has 0 saturated heterocycles. The molecule has 0 aliphatic heterocycles. The standard InChI is InChI=1S/C16H21NO3/c1-12-13(15(18)19)7-6-8-14(12)20-10-5-4-9-16(2,3)11-17/h6-8H,4-5,9-10H2,1-3H3,(H,18,19). The number of carboxylic acids is 1. The summed E-state index contributed by atoms with van der Waals surface area (Å²) in [6.07, 6.45) is 2.60. The zero-order valence-corrected chi connectivity index (χ0v) is 12.3.